The lowest BCUT2D eigenvalue weighted by Crippen LogP contribution is -2.53. The molecule has 0 aliphatic heterocycles. The third-order valence-electron chi connectivity index (χ3n) is 2.72. The molecule has 2 amide bonds. The predicted octanol–water partition coefficient (Wildman–Crippen LogP) is 0.448. The van der Waals surface area contributed by atoms with Crippen LogP contribution in [0.2, 0.25) is 0 Å². The van der Waals surface area contributed by atoms with E-state index in [1.807, 2.05) is 0 Å². The highest BCUT2D eigenvalue weighted by atomic mass is 16.6. The molecular weight excluding hydrogens is 304 g/mol. The fourth-order valence-corrected chi connectivity index (χ4v) is 1.77. The van der Waals surface area contributed by atoms with Crippen LogP contribution in [-0.2, 0) is 23.9 Å². The Kier molecular flexibility index (Phi) is 7.71. The van der Waals surface area contributed by atoms with Crippen molar-refractivity contribution in [2.75, 3.05) is 0 Å². The summed E-state index contributed by atoms with van der Waals surface area (Å²) in [4.78, 5) is 46.4. The fourth-order valence-electron chi connectivity index (χ4n) is 1.77. The summed E-state index contributed by atoms with van der Waals surface area (Å²) in [6, 6.07) is -2.31. The first kappa shape index (κ1) is 20.9. The van der Waals surface area contributed by atoms with Crippen LogP contribution in [0.4, 0.5) is 0 Å². The van der Waals surface area contributed by atoms with Crippen LogP contribution >= 0.6 is 0 Å². The second-order valence-corrected chi connectivity index (χ2v) is 6.61. The van der Waals surface area contributed by atoms with E-state index < -0.39 is 41.4 Å². The number of rotatable bonds is 7. The summed E-state index contributed by atoms with van der Waals surface area (Å²) in [6.45, 7) is 9.51. The number of hydrogen-bond acceptors (Lipinski definition) is 5. The van der Waals surface area contributed by atoms with Gasteiger partial charge in [-0.25, -0.2) is 4.79 Å². The van der Waals surface area contributed by atoms with E-state index in [4.69, 9.17) is 9.84 Å². The maximum absolute atomic E-state index is 12.2. The Balaban J connectivity index is 5.02. The Morgan fingerprint density at radius 3 is 1.96 bits per heavy atom. The van der Waals surface area contributed by atoms with Gasteiger partial charge in [-0.15, -0.1) is 0 Å². The molecule has 0 rings (SSSR count). The highest BCUT2D eigenvalue weighted by Crippen LogP contribution is 2.10. The maximum Gasteiger partial charge on any atom is 0.326 e. The number of carboxylic acids is 1. The summed E-state index contributed by atoms with van der Waals surface area (Å²) >= 11 is 0. The van der Waals surface area contributed by atoms with Crippen molar-refractivity contribution in [3.05, 3.63) is 0 Å². The lowest BCUT2D eigenvalue weighted by molar-refractivity contribution is -0.156. The van der Waals surface area contributed by atoms with Crippen LogP contribution in [0.5, 0.6) is 0 Å². The van der Waals surface area contributed by atoms with Gasteiger partial charge in [0.1, 0.15) is 17.7 Å². The quantitative estimate of drug-likeness (QED) is 0.583. The lowest BCUT2D eigenvalue weighted by atomic mass is 10.0. The first-order valence-corrected chi connectivity index (χ1v) is 7.35. The molecule has 0 aromatic heterocycles. The minimum Gasteiger partial charge on any atom is -0.480 e. The fraction of sp³-hybridized carbons (Fsp3) is 0.733. The van der Waals surface area contributed by atoms with Gasteiger partial charge in [0.25, 0.3) is 0 Å². The zero-order valence-electron chi connectivity index (χ0n) is 14.4. The van der Waals surface area contributed by atoms with Gasteiger partial charge in [0.15, 0.2) is 0 Å². The molecule has 0 unspecified atom stereocenters. The summed E-state index contributed by atoms with van der Waals surface area (Å²) < 4.78 is 5.11. The minimum absolute atomic E-state index is 0.351. The van der Waals surface area contributed by atoms with Crippen molar-refractivity contribution in [2.45, 2.75) is 65.6 Å². The summed E-state index contributed by atoms with van der Waals surface area (Å²) in [5, 5.41) is 13.8. The van der Waals surface area contributed by atoms with E-state index in [0.717, 1.165) is 0 Å². The van der Waals surface area contributed by atoms with Gasteiger partial charge < -0.3 is 20.5 Å². The first-order valence-electron chi connectivity index (χ1n) is 7.35. The van der Waals surface area contributed by atoms with Crippen molar-refractivity contribution in [3.8, 4) is 0 Å². The molecule has 0 saturated heterocycles. The highest BCUT2D eigenvalue weighted by molar-refractivity contribution is 5.92. The lowest BCUT2D eigenvalue weighted by Gasteiger charge is -2.24. The molecule has 0 heterocycles. The average Bonchev–Trinajstić information content (AvgIpc) is 2.30. The van der Waals surface area contributed by atoms with E-state index in [2.05, 4.69) is 10.6 Å². The van der Waals surface area contributed by atoms with Gasteiger partial charge in [-0.2, -0.15) is 0 Å². The van der Waals surface area contributed by atoms with Crippen LogP contribution in [0.1, 0.15) is 48.0 Å². The summed E-state index contributed by atoms with van der Waals surface area (Å²) in [5.74, 6) is -3.46. The maximum atomic E-state index is 12.2. The van der Waals surface area contributed by atoms with Crippen molar-refractivity contribution in [1.82, 2.24) is 10.6 Å². The molecule has 0 aliphatic carbocycles. The number of carbonyl (C=O) groups is 4. The third kappa shape index (κ3) is 8.80. The Morgan fingerprint density at radius 2 is 1.61 bits per heavy atom. The van der Waals surface area contributed by atoms with Crippen LogP contribution in [0.3, 0.4) is 0 Å². The second kappa shape index (κ2) is 8.50. The van der Waals surface area contributed by atoms with Gasteiger partial charge in [-0.3, -0.25) is 14.4 Å². The standard InChI is InChI=1S/C15H26N2O6/c1-8(2)12(14(21)22)17-13(20)10(16-9(3)18)7-11(19)23-15(4,5)6/h8,10,12H,7H2,1-6H3,(H,16,18)(H,17,20)(H,21,22)/t10-,12-/m0/s1. The zero-order valence-corrected chi connectivity index (χ0v) is 14.4. The molecule has 3 N–H and O–H groups in total. The van der Waals surface area contributed by atoms with Gasteiger partial charge in [0.05, 0.1) is 6.42 Å². The van der Waals surface area contributed by atoms with Crippen molar-refractivity contribution in [3.63, 3.8) is 0 Å². The van der Waals surface area contributed by atoms with E-state index in [-0.39, 0.29) is 12.3 Å². The summed E-state index contributed by atoms with van der Waals surface area (Å²) in [7, 11) is 0. The van der Waals surface area contributed by atoms with E-state index in [1.165, 1.54) is 6.92 Å². The Bertz CT molecular complexity index is 467. The monoisotopic (exact) mass is 330 g/mol. The van der Waals surface area contributed by atoms with Crippen molar-refractivity contribution in [1.29, 1.82) is 0 Å². The Morgan fingerprint density at radius 1 is 1.09 bits per heavy atom. The first-order chi connectivity index (χ1) is 10.3. The molecule has 2 atom stereocenters. The van der Waals surface area contributed by atoms with Crippen LogP contribution in [0.15, 0.2) is 0 Å². The zero-order chi connectivity index (χ0) is 18.4. The number of carboxylic acid groups (broad SMARTS) is 1. The summed E-state index contributed by atoms with van der Waals surface area (Å²) in [6.07, 6.45) is -0.382. The number of esters is 1. The third-order valence-corrected chi connectivity index (χ3v) is 2.72. The molecule has 0 radical (unpaired) electrons. The molecule has 132 valence electrons. The van der Waals surface area contributed by atoms with Crippen molar-refractivity contribution < 1.29 is 29.0 Å². The normalized spacial score (nSPS) is 13.9. The van der Waals surface area contributed by atoms with E-state index in [1.54, 1.807) is 34.6 Å². The molecule has 0 fully saturated rings. The largest absolute Gasteiger partial charge is 0.480 e. The molecule has 0 aromatic carbocycles. The van der Waals surface area contributed by atoms with Gasteiger partial charge in [-0.05, 0) is 26.7 Å². The van der Waals surface area contributed by atoms with E-state index >= 15 is 0 Å². The van der Waals surface area contributed by atoms with E-state index in [0.29, 0.717) is 0 Å². The molecule has 23 heavy (non-hydrogen) atoms. The van der Waals surface area contributed by atoms with Crippen molar-refractivity contribution >= 4 is 23.8 Å². The van der Waals surface area contributed by atoms with Crippen LogP contribution in [0.25, 0.3) is 0 Å². The molecule has 0 aliphatic rings. The molecule has 0 spiro atoms. The van der Waals surface area contributed by atoms with E-state index in [9.17, 15) is 19.2 Å². The predicted molar refractivity (Wildman–Crippen MR) is 82.5 cm³/mol. The molecule has 0 bridgehead atoms. The van der Waals surface area contributed by atoms with Gasteiger partial charge in [0.2, 0.25) is 11.8 Å². The van der Waals surface area contributed by atoms with Gasteiger partial charge in [-0.1, -0.05) is 13.8 Å². The highest BCUT2D eigenvalue weighted by Gasteiger charge is 2.30. The molecule has 0 saturated carbocycles. The molecule has 8 nitrogen and oxygen atoms in total. The van der Waals surface area contributed by atoms with Crippen molar-refractivity contribution in [2.24, 2.45) is 5.92 Å². The van der Waals surface area contributed by atoms with Gasteiger partial charge >= 0.3 is 11.9 Å². The number of amides is 2. The van der Waals surface area contributed by atoms with Crippen LogP contribution < -0.4 is 10.6 Å². The SMILES string of the molecule is CC(=O)N[C@@H](CC(=O)OC(C)(C)C)C(=O)N[C@H](C(=O)O)C(C)C. The number of ether oxygens (including phenoxy) is 1. The second-order valence-electron chi connectivity index (χ2n) is 6.61. The number of carbonyl (C=O) groups excluding carboxylic acids is 3. The molecule has 8 heteroatoms. The molecular formula is C15H26N2O6. The molecule has 0 aromatic rings. The Hall–Kier alpha value is -2.12. The van der Waals surface area contributed by atoms with Crippen LogP contribution in [-0.4, -0.2) is 46.5 Å². The topological polar surface area (TPSA) is 122 Å². The van der Waals surface area contributed by atoms with Gasteiger partial charge in [0, 0.05) is 6.92 Å². The Labute approximate surface area is 136 Å². The summed E-state index contributed by atoms with van der Waals surface area (Å²) in [5.41, 5.74) is -0.726. The number of aliphatic carboxylic acids is 1. The number of hydrogen-bond donors (Lipinski definition) is 3. The van der Waals surface area contributed by atoms with Crippen LogP contribution in [0, 0.1) is 5.92 Å². The minimum atomic E-state index is -1.19. The number of nitrogens with one attached hydrogen (secondary N) is 2. The average molecular weight is 330 g/mol. The smallest absolute Gasteiger partial charge is 0.326 e.